The zero-order valence-corrected chi connectivity index (χ0v) is 9.95. The van der Waals surface area contributed by atoms with Crippen LogP contribution in [-0.2, 0) is 5.60 Å². The average Bonchev–Trinajstić information content (AvgIpc) is 2.30. The minimum absolute atomic E-state index is 0.0116. The number of fused-ring (bicyclic) bond motifs is 1. The van der Waals surface area contributed by atoms with E-state index in [2.05, 4.69) is 4.74 Å². The lowest BCUT2D eigenvalue weighted by molar-refractivity contribution is -0.0617. The molecule has 0 aliphatic carbocycles. The van der Waals surface area contributed by atoms with E-state index < -0.39 is 18.8 Å². The summed E-state index contributed by atoms with van der Waals surface area (Å²) in [5, 5.41) is 19.5. The number of aliphatic hydroxyl groups excluding tert-OH is 1. The molecule has 100 valence electrons. The first-order valence-corrected chi connectivity index (χ1v) is 5.59. The minimum Gasteiger partial charge on any atom is -0.489 e. The molecular formula is C11H11ClF2O4. The van der Waals surface area contributed by atoms with E-state index in [0.29, 0.717) is 0 Å². The van der Waals surface area contributed by atoms with Crippen LogP contribution >= 0.6 is 11.6 Å². The van der Waals surface area contributed by atoms with Crippen LogP contribution in [0.15, 0.2) is 12.1 Å². The summed E-state index contributed by atoms with van der Waals surface area (Å²) in [6, 6.07) is 2.54. The molecule has 0 unspecified atom stereocenters. The van der Waals surface area contributed by atoms with Crippen LogP contribution < -0.4 is 9.47 Å². The molecule has 0 aromatic heterocycles. The third kappa shape index (κ3) is 2.36. The van der Waals surface area contributed by atoms with Gasteiger partial charge in [-0.25, -0.2) is 0 Å². The fourth-order valence-electron chi connectivity index (χ4n) is 1.87. The first kappa shape index (κ1) is 13.3. The van der Waals surface area contributed by atoms with Crippen LogP contribution in [0.4, 0.5) is 8.78 Å². The first-order valence-electron chi connectivity index (χ1n) is 5.21. The fraction of sp³-hybridized carbons (Fsp3) is 0.455. The van der Waals surface area contributed by atoms with Crippen LogP contribution in [0, 0.1) is 0 Å². The molecule has 0 saturated carbocycles. The Bertz CT molecular complexity index is 455. The molecule has 2 rings (SSSR count). The quantitative estimate of drug-likeness (QED) is 0.888. The van der Waals surface area contributed by atoms with Gasteiger partial charge in [0.1, 0.15) is 5.60 Å². The van der Waals surface area contributed by atoms with Crippen molar-refractivity contribution in [3.8, 4) is 11.5 Å². The van der Waals surface area contributed by atoms with Gasteiger partial charge in [0.05, 0.1) is 13.2 Å². The molecule has 1 aliphatic rings. The van der Waals surface area contributed by atoms with Gasteiger partial charge in [-0.1, -0.05) is 11.6 Å². The van der Waals surface area contributed by atoms with E-state index in [0.717, 1.165) is 0 Å². The van der Waals surface area contributed by atoms with Crippen LogP contribution in [0.3, 0.4) is 0 Å². The molecule has 7 heteroatoms. The number of hydrogen-bond donors (Lipinski definition) is 2. The van der Waals surface area contributed by atoms with Gasteiger partial charge in [-0.15, -0.1) is 0 Å². The SMILES string of the molecule is OC[C@@]1(O)CCOc2c(OC(F)F)cc(Cl)cc21. The molecule has 0 radical (unpaired) electrons. The highest BCUT2D eigenvalue weighted by Crippen LogP contribution is 2.44. The zero-order valence-electron chi connectivity index (χ0n) is 9.20. The summed E-state index contributed by atoms with van der Waals surface area (Å²) >= 11 is 5.78. The van der Waals surface area contributed by atoms with Gasteiger partial charge in [0.25, 0.3) is 0 Å². The van der Waals surface area contributed by atoms with E-state index in [1.54, 1.807) is 0 Å². The van der Waals surface area contributed by atoms with Gasteiger partial charge < -0.3 is 19.7 Å². The van der Waals surface area contributed by atoms with Gasteiger partial charge in [-0.2, -0.15) is 8.78 Å². The maximum Gasteiger partial charge on any atom is 0.387 e. The number of rotatable bonds is 3. The minimum atomic E-state index is -3.03. The third-order valence-corrected chi connectivity index (χ3v) is 2.98. The van der Waals surface area contributed by atoms with Crippen molar-refractivity contribution in [3.05, 3.63) is 22.7 Å². The summed E-state index contributed by atoms with van der Waals surface area (Å²) in [5.41, 5.74) is -1.40. The molecule has 1 aliphatic heterocycles. The van der Waals surface area contributed by atoms with Crippen molar-refractivity contribution in [1.29, 1.82) is 0 Å². The zero-order chi connectivity index (χ0) is 13.3. The first-order chi connectivity index (χ1) is 8.46. The van der Waals surface area contributed by atoms with Crippen LogP contribution in [0.1, 0.15) is 12.0 Å². The molecule has 4 nitrogen and oxygen atoms in total. The lowest BCUT2D eigenvalue weighted by Crippen LogP contribution is -2.36. The van der Waals surface area contributed by atoms with Crippen molar-refractivity contribution in [1.82, 2.24) is 0 Å². The smallest absolute Gasteiger partial charge is 0.387 e. The highest BCUT2D eigenvalue weighted by molar-refractivity contribution is 6.30. The van der Waals surface area contributed by atoms with E-state index in [1.807, 2.05) is 0 Å². The Morgan fingerprint density at radius 3 is 2.83 bits per heavy atom. The topological polar surface area (TPSA) is 58.9 Å². The number of ether oxygens (including phenoxy) is 2. The lowest BCUT2D eigenvalue weighted by atomic mass is 9.88. The van der Waals surface area contributed by atoms with E-state index in [9.17, 15) is 19.0 Å². The van der Waals surface area contributed by atoms with Gasteiger partial charge in [0.2, 0.25) is 0 Å². The van der Waals surface area contributed by atoms with Crippen molar-refractivity contribution in [2.75, 3.05) is 13.2 Å². The van der Waals surface area contributed by atoms with Gasteiger partial charge in [0, 0.05) is 23.1 Å². The number of halogens is 3. The van der Waals surface area contributed by atoms with Crippen LogP contribution in [0.5, 0.6) is 11.5 Å². The summed E-state index contributed by atoms with van der Waals surface area (Å²) in [4.78, 5) is 0. The Morgan fingerprint density at radius 2 is 2.22 bits per heavy atom. The van der Waals surface area contributed by atoms with Gasteiger partial charge in [-0.3, -0.25) is 0 Å². The number of benzene rings is 1. The molecule has 1 aromatic rings. The second-order valence-corrected chi connectivity index (χ2v) is 4.38. The number of alkyl halides is 2. The van der Waals surface area contributed by atoms with Gasteiger partial charge in [-0.05, 0) is 6.07 Å². The Labute approximate surface area is 107 Å². The largest absolute Gasteiger partial charge is 0.489 e. The van der Waals surface area contributed by atoms with Crippen molar-refractivity contribution in [2.24, 2.45) is 0 Å². The van der Waals surface area contributed by atoms with Crippen molar-refractivity contribution in [2.45, 2.75) is 18.6 Å². The van der Waals surface area contributed by atoms with Crippen molar-refractivity contribution in [3.63, 3.8) is 0 Å². The second-order valence-electron chi connectivity index (χ2n) is 3.95. The Balaban J connectivity index is 2.52. The summed E-state index contributed by atoms with van der Waals surface area (Å²) in [5.74, 6) is -0.262. The van der Waals surface area contributed by atoms with Crippen molar-refractivity contribution >= 4 is 11.6 Å². The highest BCUT2D eigenvalue weighted by Gasteiger charge is 2.37. The molecule has 1 heterocycles. The third-order valence-electron chi connectivity index (χ3n) is 2.76. The normalized spacial score (nSPS) is 22.6. The molecule has 2 N–H and O–H groups in total. The molecule has 0 spiro atoms. The van der Waals surface area contributed by atoms with Crippen LogP contribution in [-0.4, -0.2) is 30.0 Å². The molecule has 0 fully saturated rings. The lowest BCUT2D eigenvalue weighted by Gasteiger charge is -2.33. The summed E-state index contributed by atoms with van der Waals surface area (Å²) in [7, 11) is 0. The summed E-state index contributed by atoms with van der Waals surface area (Å²) in [6.07, 6.45) is 0.144. The molecule has 1 atom stereocenters. The van der Waals surface area contributed by atoms with Gasteiger partial charge >= 0.3 is 6.61 Å². The Kier molecular flexibility index (Phi) is 3.61. The standard InChI is InChI=1S/C11H11ClF2O4/c12-6-3-7-9(8(4-6)18-10(13)14)17-2-1-11(7,16)5-15/h3-4,10,15-16H,1-2,5H2/t11-/m0/s1. The predicted molar refractivity (Wildman–Crippen MR) is 59.2 cm³/mol. The monoisotopic (exact) mass is 280 g/mol. The summed E-state index contributed by atoms with van der Waals surface area (Å²) < 4.78 is 34.0. The molecule has 18 heavy (non-hydrogen) atoms. The predicted octanol–water partition coefficient (Wildman–Crippen LogP) is 1.90. The van der Waals surface area contributed by atoms with Crippen LogP contribution in [0.2, 0.25) is 5.02 Å². The average molecular weight is 281 g/mol. The number of hydrogen-bond acceptors (Lipinski definition) is 4. The maximum atomic E-state index is 12.3. The Morgan fingerprint density at radius 1 is 1.50 bits per heavy atom. The van der Waals surface area contributed by atoms with Crippen LogP contribution in [0.25, 0.3) is 0 Å². The van der Waals surface area contributed by atoms with E-state index in [-0.39, 0.29) is 35.1 Å². The van der Waals surface area contributed by atoms with Gasteiger partial charge in [0.15, 0.2) is 11.5 Å². The molecular weight excluding hydrogens is 270 g/mol. The molecule has 0 amide bonds. The maximum absolute atomic E-state index is 12.3. The molecule has 0 bridgehead atoms. The fourth-order valence-corrected chi connectivity index (χ4v) is 2.08. The summed E-state index contributed by atoms with van der Waals surface area (Å²) in [6.45, 7) is -3.50. The van der Waals surface area contributed by atoms with E-state index in [1.165, 1.54) is 12.1 Å². The molecule has 1 aromatic carbocycles. The van der Waals surface area contributed by atoms with E-state index in [4.69, 9.17) is 16.3 Å². The highest BCUT2D eigenvalue weighted by atomic mass is 35.5. The number of aliphatic hydroxyl groups is 2. The molecule has 0 saturated heterocycles. The van der Waals surface area contributed by atoms with Crippen molar-refractivity contribution < 1.29 is 28.5 Å². The Hall–Kier alpha value is -1.11. The van der Waals surface area contributed by atoms with E-state index >= 15 is 0 Å². The second kappa shape index (κ2) is 4.87.